The van der Waals surface area contributed by atoms with Gasteiger partial charge < -0.3 is 4.90 Å². The fourth-order valence-electron chi connectivity index (χ4n) is 3.62. The number of rotatable bonds is 5. The summed E-state index contributed by atoms with van der Waals surface area (Å²) in [4.78, 5) is 18.5. The number of aromatic nitrogens is 1. The Labute approximate surface area is 181 Å². The Morgan fingerprint density at radius 2 is 2.10 bits per heavy atom. The van der Waals surface area contributed by atoms with E-state index in [1.54, 1.807) is 18.3 Å². The van der Waals surface area contributed by atoms with Gasteiger partial charge in [-0.25, -0.2) is 10.4 Å². The van der Waals surface area contributed by atoms with Crippen molar-refractivity contribution in [2.24, 2.45) is 5.10 Å². The molecule has 0 spiro atoms. The summed E-state index contributed by atoms with van der Waals surface area (Å²) in [6, 6.07) is 7.22. The number of hydrogen-bond acceptors (Lipinski definition) is 4. The lowest BCUT2D eigenvalue weighted by Crippen LogP contribution is -2.45. The summed E-state index contributed by atoms with van der Waals surface area (Å²) in [5, 5.41) is 4.76. The van der Waals surface area contributed by atoms with Crippen LogP contribution in [0.2, 0.25) is 10.2 Å². The van der Waals surface area contributed by atoms with E-state index >= 15 is 0 Å². The van der Waals surface area contributed by atoms with E-state index in [-0.39, 0.29) is 16.3 Å². The quantitative estimate of drug-likeness (QED) is 0.383. The molecule has 2 heterocycles. The van der Waals surface area contributed by atoms with Crippen molar-refractivity contribution in [2.45, 2.75) is 39.7 Å². The van der Waals surface area contributed by atoms with Crippen LogP contribution in [0, 0.1) is 0 Å². The van der Waals surface area contributed by atoms with Crippen LogP contribution >= 0.6 is 23.2 Å². The molecule has 1 amide bonds. The van der Waals surface area contributed by atoms with Crippen molar-refractivity contribution < 1.29 is 4.79 Å². The Bertz CT molecular complexity index is 998. The van der Waals surface area contributed by atoms with Crippen molar-refractivity contribution in [1.29, 1.82) is 0 Å². The average Bonchev–Trinajstić information content (AvgIpc) is 2.66. The van der Waals surface area contributed by atoms with Crippen molar-refractivity contribution >= 4 is 46.6 Å². The van der Waals surface area contributed by atoms with Gasteiger partial charge in [-0.2, -0.15) is 5.10 Å². The van der Waals surface area contributed by atoms with Crippen molar-refractivity contribution in [3.8, 4) is 0 Å². The fourth-order valence-corrected chi connectivity index (χ4v) is 4.03. The van der Waals surface area contributed by atoms with Crippen LogP contribution in [-0.4, -0.2) is 29.2 Å². The lowest BCUT2D eigenvalue weighted by atomic mass is 9.88. The fraction of sp³-hybridized carbons (Fsp3) is 0.318. The molecule has 0 fully saturated rings. The number of carbonyl (C=O) groups excluding carboxylic acids is 1. The predicted molar refractivity (Wildman–Crippen MR) is 121 cm³/mol. The zero-order chi connectivity index (χ0) is 21.2. The molecule has 7 heteroatoms. The molecule has 0 saturated carbocycles. The maximum Gasteiger partial charge on any atom is 0.274 e. The van der Waals surface area contributed by atoms with Gasteiger partial charge in [-0.3, -0.25) is 4.79 Å². The Morgan fingerprint density at radius 1 is 1.34 bits per heavy atom. The molecule has 0 radical (unpaired) electrons. The molecule has 5 nitrogen and oxygen atoms in total. The van der Waals surface area contributed by atoms with Gasteiger partial charge in [0.25, 0.3) is 5.91 Å². The minimum Gasteiger partial charge on any atom is -0.362 e. The summed E-state index contributed by atoms with van der Waals surface area (Å²) >= 11 is 12.5. The molecule has 1 aromatic heterocycles. The average molecular weight is 431 g/mol. The highest BCUT2D eigenvalue weighted by molar-refractivity contribution is 6.33. The zero-order valence-corrected chi connectivity index (χ0v) is 18.5. The van der Waals surface area contributed by atoms with Crippen molar-refractivity contribution in [3.63, 3.8) is 0 Å². The second-order valence-corrected chi connectivity index (χ2v) is 8.33. The molecule has 29 heavy (non-hydrogen) atoms. The maximum atomic E-state index is 12.2. The number of allylic oxidation sites excluding steroid dienone is 1. The second-order valence-electron chi connectivity index (χ2n) is 7.56. The minimum atomic E-state index is -0.430. The lowest BCUT2D eigenvalue weighted by molar-refractivity contribution is 0.0955. The van der Waals surface area contributed by atoms with Crippen LogP contribution in [0.1, 0.15) is 55.6 Å². The number of nitrogens with one attached hydrogen (secondary N) is 1. The van der Waals surface area contributed by atoms with E-state index < -0.39 is 5.91 Å². The van der Waals surface area contributed by atoms with Crippen LogP contribution in [0.4, 0.5) is 5.69 Å². The standard InChI is InChI=1S/C22H24Cl2N4O/c1-5-9-28-19-11-18(23)15(10-17(19)14(2)12-22(28,3)4)13-26-27-21(29)16-7-6-8-25-20(16)24/h6-8,10-13H,5,9H2,1-4H3,(H,27,29)/b26-13-. The van der Waals surface area contributed by atoms with Gasteiger partial charge in [0.15, 0.2) is 0 Å². The molecule has 3 rings (SSSR count). The first-order valence-corrected chi connectivity index (χ1v) is 10.2. The van der Waals surface area contributed by atoms with Crippen LogP contribution in [0.25, 0.3) is 5.57 Å². The molecule has 1 N–H and O–H groups in total. The van der Waals surface area contributed by atoms with Crippen molar-refractivity contribution in [2.75, 3.05) is 11.4 Å². The Hall–Kier alpha value is -2.37. The van der Waals surface area contributed by atoms with E-state index in [0.717, 1.165) is 29.8 Å². The summed E-state index contributed by atoms with van der Waals surface area (Å²) < 4.78 is 0. The first kappa shape index (κ1) is 21.3. The lowest BCUT2D eigenvalue weighted by Gasteiger charge is -2.43. The summed E-state index contributed by atoms with van der Waals surface area (Å²) in [6.07, 6.45) is 6.38. The molecule has 0 aliphatic carbocycles. The molecule has 0 unspecified atom stereocenters. The number of benzene rings is 1. The van der Waals surface area contributed by atoms with Crippen LogP contribution in [0.5, 0.6) is 0 Å². The van der Waals surface area contributed by atoms with Crippen LogP contribution in [0.3, 0.4) is 0 Å². The molecule has 1 aromatic carbocycles. The summed E-state index contributed by atoms with van der Waals surface area (Å²) in [7, 11) is 0. The molecular formula is C22H24Cl2N4O. The molecule has 2 aromatic rings. The monoisotopic (exact) mass is 430 g/mol. The molecule has 0 saturated heterocycles. The normalized spacial score (nSPS) is 15.2. The van der Waals surface area contributed by atoms with Gasteiger partial charge >= 0.3 is 0 Å². The minimum absolute atomic E-state index is 0.0804. The summed E-state index contributed by atoms with van der Waals surface area (Å²) in [5.41, 5.74) is 6.80. The van der Waals surface area contributed by atoms with E-state index in [4.69, 9.17) is 23.2 Å². The van der Waals surface area contributed by atoms with Gasteiger partial charge in [0.1, 0.15) is 5.15 Å². The van der Waals surface area contributed by atoms with Crippen LogP contribution in [0.15, 0.2) is 41.6 Å². The van der Waals surface area contributed by atoms with Crippen molar-refractivity contribution in [1.82, 2.24) is 10.4 Å². The maximum absolute atomic E-state index is 12.2. The van der Waals surface area contributed by atoms with Gasteiger partial charge in [-0.1, -0.05) is 36.2 Å². The number of fused-ring (bicyclic) bond motifs is 1. The number of anilines is 1. The zero-order valence-electron chi connectivity index (χ0n) is 17.0. The van der Waals surface area contributed by atoms with Gasteiger partial charge in [0, 0.05) is 29.6 Å². The van der Waals surface area contributed by atoms with Crippen LogP contribution in [-0.2, 0) is 0 Å². The Balaban J connectivity index is 1.87. The molecular weight excluding hydrogens is 407 g/mol. The molecule has 0 atom stereocenters. The summed E-state index contributed by atoms with van der Waals surface area (Å²) in [5.74, 6) is -0.430. The van der Waals surface area contributed by atoms with E-state index in [9.17, 15) is 4.79 Å². The first-order valence-electron chi connectivity index (χ1n) is 9.49. The third-order valence-electron chi connectivity index (χ3n) is 4.92. The van der Waals surface area contributed by atoms with Crippen molar-refractivity contribution in [3.05, 3.63) is 63.4 Å². The predicted octanol–water partition coefficient (Wildman–Crippen LogP) is 5.56. The van der Waals surface area contributed by atoms with Gasteiger partial charge in [0.05, 0.1) is 22.3 Å². The number of hydrogen-bond donors (Lipinski definition) is 1. The van der Waals surface area contributed by atoms with E-state index in [0.29, 0.717) is 5.02 Å². The molecule has 152 valence electrons. The second kappa shape index (κ2) is 8.56. The van der Waals surface area contributed by atoms with Gasteiger partial charge in [0.2, 0.25) is 0 Å². The molecule has 1 aliphatic rings. The Kier molecular flexibility index (Phi) is 6.30. The van der Waals surface area contributed by atoms with Gasteiger partial charge in [-0.05, 0) is 57.0 Å². The number of pyridine rings is 1. The van der Waals surface area contributed by atoms with Crippen LogP contribution < -0.4 is 10.3 Å². The highest BCUT2D eigenvalue weighted by Gasteiger charge is 2.31. The highest BCUT2D eigenvalue weighted by Crippen LogP contribution is 2.41. The molecule has 1 aliphatic heterocycles. The van der Waals surface area contributed by atoms with E-state index in [1.807, 2.05) is 12.1 Å². The summed E-state index contributed by atoms with van der Waals surface area (Å²) in [6.45, 7) is 9.62. The van der Waals surface area contributed by atoms with E-state index in [1.165, 1.54) is 11.8 Å². The number of nitrogens with zero attached hydrogens (tertiary/aromatic N) is 3. The Morgan fingerprint density at radius 3 is 2.79 bits per heavy atom. The number of amides is 1. The number of carbonyl (C=O) groups is 1. The van der Waals surface area contributed by atoms with E-state index in [2.05, 4.69) is 54.2 Å². The third kappa shape index (κ3) is 4.46. The SMILES string of the molecule is CCCN1c2cc(Cl)c(/C=N\NC(=O)c3cccnc3Cl)cc2C(C)=CC1(C)C. The third-order valence-corrected chi connectivity index (χ3v) is 5.55. The highest BCUT2D eigenvalue weighted by atomic mass is 35.5. The topological polar surface area (TPSA) is 57.6 Å². The largest absolute Gasteiger partial charge is 0.362 e. The number of halogens is 2. The first-order chi connectivity index (χ1) is 13.7. The number of hydrazone groups is 1. The van der Waals surface area contributed by atoms with Gasteiger partial charge in [-0.15, -0.1) is 0 Å². The molecule has 0 bridgehead atoms. The smallest absolute Gasteiger partial charge is 0.274 e.